The zero-order valence-corrected chi connectivity index (χ0v) is 24.8. The van der Waals surface area contributed by atoms with Crippen molar-refractivity contribution in [2.45, 2.75) is 0 Å². The highest BCUT2D eigenvalue weighted by Gasteiger charge is 2.16. The van der Waals surface area contributed by atoms with Crippen LogP contribution < -0.4 is 0 Å². The average molecular weight is 578 g/mol. The maximum Gasteiger partial charge on any atom is 0.0541 e. The molecule has 0 fully saturated rings. The first-order valence-electron chi connectivity index (χ1n) is 15.0. The van der Waals surface area contributed by atoms with Crippen molar-refractivity contribution >= 4 is 53.3 Å². The Balaban J connectivity index is 1.21. The number of benzene rings is 7. The third-order valence-corrected chi connectivity index (χ3v) is 9.96. The van der Waals surface area contributed by atoms with E-state index in [-0.39, 0.29) is 0 Å². The molecule has 0 aliphatic heterocycles. The van der Waals surface area contributed by atoms with Crippen molar-refractivity contribution in [1.82, 2.24) is 4.57 Å². The second kappa shape index (κ2) is 10.1. The Kier molecular flexibility index (Phi) is 5.75. The van der Waals surface area contributed by atoms with Gasteiger partial charge in [0.25, 0.3) is 0 Å². The second-order valence-electron chi connectivity index (χ2n) is 11.4. The number of fused-ring (bicyclic) bond motifs is 6. The van der Waals surface area contributed by atoms with E-state index in [4.69, 9.17) is 0 Å². The summed E-state index contributed by atoms with van der Waals surface area (Å²) >= 11 is 1.86. The molecule has 2 heterocycles. The molecule has 0 unspecified atom stereocenters. The van der Waals surface area contributed by atoms with Crippen molar-refractivity contribution in [2.24, 2.45) is 0 Å². The van der Waals surface area contributed by atoms with Crippen LogP contribution in [0.4, 0.5) is 0 Å². The van der Waals surface area contributed by atoms with E-state index < -0.39 is 0 Å². The molecule has 0 atom stereocenters. The SMILES string of the molecule is c1ccc(-c2ccc3c(c2)c2ccccc2n3-c2ccccc2-c2cccc(-c3ccc4sc5ccccc5c4c3)c2)cc1. The van der Waals surface area contributed by atoms with Gasteiger partial charge in [-0.2, -0.15) is 0 Å². The summed E-state index contributed by atoms with van der Waals surface area (Å²) in [7, 11) is 0. The predicted molar refractivity (Wildman–Crippen MR) is 190 cm³/mol. The van der Waals surface area contributed by atoms with Crippen LogP contribution in [0.3, 0.4) is 0 Å². The van der Waals surface area contributed by atoms with Crippen LogP contribution in [-0.2, 0) is 0 Å². The summed E-state index contributed by atoms with van der Waals surface area (Å²) in [6, 6.07) is 59.7. The molecule has 44 heavy (non-hydrogen) atoms. The minimum absolute atomic E-state index is 1.18. The fourth-order valence-corrected chi connectivity index (χ4v) is 7.81. The van der Waals surface area contributed by atoms with Crippen LogP contribution >= 0.6 is 11.3 Å². The van der Waals surface area contributed by atoms with Gasteiger partial charge in [0.15, 0.2) is 0 Å². The molecule has 0 radical (unpaired) electrons. The quantitative estimate of drug-likeness (QED) is 0.196. The van der Waals surface area contributed by atoms with E-state index in [1.165, 1.54) is 81.0 Å². The van der Waals surface area contributed by atoms with Gasteiger partial charge in [-0.15, -0.1) is 11.3 Å². The second-order valence-corrected chi connectivity index (χ2v) is 12.4. The Morgan fingerprint density at radius 3 is 1.89 bits per heavy atom. The molecule has 0 saturated carbocycles. The van der Waals surface area contributed by atoms with Crippen LogP contribution in [0.2, 0.25) is 0 Å². The van der Waals surface area contributed by atoms with E-state index >= 15 is 0 Å². The summed E-state index contributed by atoms with van der Waals surface area (Å²) in [4.78, 5) is 0. The highest BCUT2D eigenvalue weighted by molar-refractivity contribution is 7.25. The molecular formula is C42H27NS. The summed E-state index contributed by atoms with van der Waals surface area (Å²) in [6.45, 7) is 0. The molecule has 0 amide bonds. The number of rotatable bonds is 4. The first-order valence-corrected chi connectivity index (χ1v) is 15.8. The van der Waals surface area contributed by atoms with Crippen LogP contribution in [-0.4, -0.2) is 4.57 Å². The van der Waals surface area contributed by atoms with Crippen LogP contribution in [0.5, 0.6) is 0 Å². The first-order chi connectivity index (χ1) is 21.8. The van der Waals surface area contributed by atoms with Crippen LogP contribution in [0.15, 0.2) is 164 Å². The van der Waals surface area contributed by atoms with E-state index in [0.717, 1.165) is 0 Å². The van der Waals surface area contributed by atoms with Crippen molar-refractivity contribution in [2.75, 3.05) is 0 Å². The van der Waals surface area contributed by atoms with E-state index in [9.17, 15) is 0 Å². The minimum Gasteiger partial charge on any atom is -0.309 e. The van der Waals surface area contributed by atoms with Gasteiger partial charge < -0.3 is 4.57 Å². The molecule has 9 aromatic rings. The van der Waals surface area contributed by atoms with Gasteiger partial charge in [-0.3, -0.25) is 0 Å². The number of hydrogen-bond donors (Lipinski definition) is 0. The Hall–Kier alpha value is -5.44. The Morgan fingerprint density at radius 1 is 0.341 bits per heavy atom. The van der Waals surface area contributed by atoms with Gasteiger partial charge in [0.1, 0.15) is 0 Å². The molecule has 9 rings (SSSR count). The summed E-state index contributed by atoms with van der Waals surface area (Å²) in [6.07, 6.45) is 0. The third-order valence-electron chi connectivity index (χ3n) is 8.81. The van der Waals surface area contributed by atoms with Crippen molar-refractivity contribution in [3.63, 3.8) is 0 Å². The number of hydrogen-bond acceptors (Lipinski definition) is 1. The van der Waals surface area contributed by atoms with Gasteiger partial charge in [-0.05, 0) is 76.3 Å². The van der Waals surface area contributed by atoms with E-state index in [1.54, 1.807) is 0 Å². The molecule has 0 N–H and O–H groups in total. The molecule has 0 spiro atoms. The molecule has 1 nitrogen and oxygen atoms in total. The topological polar surface area (TPSA) is 4.93 Å². The van der Waals surface area contributed by atoms with Gasteiger partial charge >= 0.3 is 0 Å². The lowest BCUT2D eigenvalue weighted by molar-refractivity contribution is 1.18. The van der Waals surface area contributed by atoms with E-state index in [1.807, 2.05) is 11.3 Å². The van der Waals surface area contributed by atoms with Gasteiger partial charge in [0, 0.05) is 36.5 Å². The Bertz CT molecular complexity index is 2500. The van der Waals surface area contributed by atoms with Crippen molar-refractivity contribution in [3.8, 4) is 39.1 Å². The Morgan fingerprint density at radius 2 is 0.955 bits per heavy atom. The van der Waals surface area contributed by atoms with Gasteiger partial charge in [-0.25, -0.2) is 0 Å². The van der Waals surface area contributed by atoms with Gasteiger partial charge in [-0.1, -0.05) is 115 Å². The largest absolute Gasteiger partial charge is 0.309 e. The molecular weight excluding hydrogens is 551 g/mol. The Labute approximate surface area is 259 Å². The predicted octanol–water partition coefficient (Wildman–Crippen LogP) is 12.2. The van der Waals surface area contributed by atoms with Crippen molar-refractivity contribution < 1.29 is 0 Å². The first kappa shape index (κ1) is 25.1. The molecule has 0 aliphatic carbocycles. The number of para-hydroxylation sites is 2. The monoisotopic (exact) mass is 577 g/mol. The van der Waals surface area contributed by atoms with Crippen LogP contribution in [0, 0.1) is 0 Å². The minimum atomic E-state index is 1.18. The van der Waals surface area contributed by atoms with E-state index in [2.05, 4.69) is 168 Å². The molecule has 0 saturated heterocycles. The lowest BCUT2D eigenvalue weighted by Crippen LogP contribution is -1.97. The summed E-state index contributed by atoms with van der Waals surface area (Å²) in [5, 5.41) is 5.19. The van der Waals surface area contributed by atoms with Crippen molar-refractivity contribution in [1.29, 1.82) is 0 Å². The number of aromatic nitrogens is 1. The summed E-state index contributed by atoms with van der Waals surface area (Å²) in [5.74, 6) is 0. The fourth-order valence-electron chi connectivity index (χ4n) is 6.73. The van der Waals surface area contributed by atoms with Crippen molar-refractivity contribution in [3.05, 3.63) is 164 Å². The van der Waals surface area contributed by atoms with Crippen LogP contribution in [0.25, 0.3) is 81.0 Å². The zero-order chi connectivity index (χ0) is 29.0. The maximum absolute atomic E-state index is 2.44. The third kappa shape index (κ3) is 4.00. The van der Waals surface area contributed by atoms with Gasteiger partial charge in [0.2, 0.25) is 0 Å². The highest BCUT2D eigenvalue weighted by atomic mass is 32.1. The highest BCUT2D eigenvalue weighted by Crippen LogP contribution is 2.40. The molecule has 7 aromatic carbocycles. The lowest BCUT2D eigenvalue weighted by Gasteiger charge is -2.15. The summed E-state index contributed by atoms with van der Waals surface area (Å²) < 4.78 is 5.10. The number of thiophene rings is 1. The molecule has 206 valence electrons. The number of nitrogens with zero attached hydrogens (tertiary/aromatic N) is 1. The molecule has 2 aromatic heterocycles. The molecule has 0 bridgehead atoms. The standard InChI is InChI=1S/C42H27NS/c1-2-11-28(12-3-1)30-21-23-40-36(26-30)34-16-5-8-19-39(34)43(40)38-18-7-4-15-33(38)32-14-10-13-29(25-32)31-22-24-42-37(27-31)35-17-6-9-20-41(35)44-42/h1-27H. The zero-order valence-electron chi connectivity index (χ0n) is 23.9. The lowest BCUT2D eigenvalue weighted by atomic mass is 9.97. The molecule has 0 aliphatic rings. The van der Waals surface area contributed by atoms with Gasteiger partial charge in [0.05, 0.1) is 16.7 Å². The summed E-state index contributed by atoms with van der Waals surface area (Å²) in [5.41, 5.74) is 11.0. The normalized spacial score (nSPS) is 11.6. The molecule has 2 heteroatoms. The maximum atomic E-state index is 2.44. The van der Waals surface area contributed by atoms with Crippen LogP contribution in [0.1, 0.15) is 0 Å². The smallest absolute Gasteiger partial charge is 0.0541 e. The fraction of sp³-hybridized carbons (Fsp3) is 0. The van der Waals surface area contributed by atoms with E-state index in [0.29, 0.717) is 0 Å². The average Bonchev–Trinajstić information content (AvgIpc) is 3.64.